The Balaban J connectivity index is 0.00000353. The molecule has 5 heterocycles. The molecule has 7 atom stereocenters. The first-order chi connectivity index (χ1) is 18.1. The second-order valence-corrected chi connectivity index (χ2v) is 10.3. The van der Waals surface area contributed by atoms with E-state index in [-0.39, 0.29) is 53.8 Å². The van der Waals surface area contributed by atoms with Crippen LogP contribution < -0.4 is 46.1 Å². The molecule has 3 aromatic rings. The first-order valence-corrected chi connectivity index (χ1v) is 13.0. The number of nitrogens with zero attached hydrogens (tertiary/aromatic N) is 6. The number of fused-ring (bicyclic) bond motifs is 1. The number of anilines is 1. The van der Waals surface area contributed by atoms with Crippen LogP contribution in [0.4, 0.5) is 5.82 Å². The van der Waals surface area contributed by atoms with Crippen molar-refractivity contribution in [2.45, 2.75) is 56.6 Å². The van der Waals surface area contributed by atoms with Gasteiger partial charge in [0, 0.05) is 19.0 Å². The van der Waals surface area contributed by atoms with Gasteiger partial charge in [0.15, 0.2) is 11.5 Å². The van der Waals surface area contributed by atoms with E-state index in [0.717, 1.165) is 4.57 Å². The van der Waals surface area contributed by atoms with Gasteiger partial charge in [0.05, 0.1) is 25.6 Å². The summed E-state index contributed by atoms with van der Waals surface area (Å²) in [5, 5.41) is 31.7. The van der Waals surface area contributed by atoms with Gasteiger partial charge in [0.2, 0.25) is 0 Å². The molecule has 0 bridgehead atoms. The Bertz CT molecular complexity index is 1440. The van der Waals surface area contributed by atoms with E-state index in [0.29, 0.717) is 11.2 Å². The van der Waals surface area contributed by atoms with Crippen molar-refractivity contribution in [3.05, 3.63) is 34.9 Å². The summed E-state index contributed by atoms with van der Waals surface area (Å²) >= 11 is 0. The van der Waals surface area contributed by atoms with Gasteiger partial charge in [-0.1, -0.05) is 0 Å². The van der Waals surface area contributed by atoms with Crippen molar-refractivity contribution in [3.8, 4) is 5.88 Å². The number of imidazole rings is 1. The molecule has 0 amide bonds. The second-order valence-electron chi connectivity index (χ2n) is 8.89. The molecule has 19 heteroatoms. The number of phosphoric acid groups is 1. The van der Waals surface area contributed by atoms with Crippen LogP contribution in [0, 0.1) is 6.92 Å². The molecule has 3 aromatic heterocycles. The number of rotatable bonds is 8. The topological polar surface area (TPSA) is 242 Å². The largest absolute Gasteiger partial charge is 1.00 e. The zero-order valence-electron chi connectivity index (χ0n) is 20.9. The third kappa shape index (κ3) is 6.18. The van der Waals surface area contributed by atoms with Crippen LogP contribution in [0.15, 0.2) is 23.6 Å². The Labute approximate surface area is 242 Å². The van der Waals surface area contributed by atoms with Crippen LogP contribution in [0.3, 0.4) is 0 Å². The van der Waals surface area contributed by atoms with E-state index >= 15 is 0 Å². The van der Waals surface area contributed by atoms with Gasteiger partial charge >= 0.3 is 43.1 Å². The minimum Gasteiger partial charge on any atom is -0.858 e. The number of aliphatic hydroxyl groups excluding tert-OH is 2. The smallest absolute Gasteiger partial charge is 0.858 e. The molecule has 206 valence electrons. The van der Waals surface area contributed by atoms with Crippen molar-refractivity contribution in [1.29, 1.82) is 0 Å². The standard InChI is InChI=1S/C20H26N7O10P.Na/c1-9-4-26(20(31)25-19(9)30)15-3-11(12(5-28)35-15)37-38(32,33)34-6-13-10(29)2-14(36-13)27-8-24-16-17(21)22-7-23-18(16)27;/h4,7-8,10-15,28-29H,2-3,5-6H2,1H3,(H,32,33)(H2,21,22,23)(H,25,30,31);/q;+1/p-1/t10-,11-,12+,13+,14+,15+;/m0./s1. The van der Waals surface area contributed by atoms with Crippen LogP contribution in [0.1, 0.15) is 30.9 Å². The molecule has 0 aromatic carbocycles. The van der Waals surface area contributed by atoms with Gasteiger partial charge in [0.1, 0.15) is 42.6 Å². The number of ether oxygens (including phenoxy) is 2. The molecule has 2 fully saturated rings. The summed E-state index contributed by atoms with van der Waals surface area (Å²) in [6.07, 6.45) is -1.96. The monoisotopic (exact) mass is 577 g/mol. The van der Waals surface area contributed by atoms with Gasteiger partial charge in [-0.05, 0) is 18.4 Å². The maximum Gasteiger partial charge on any atom is 1.00 e. The first-order valence-electron chi connectivity index (χ1n) is 11.5. The molecule has 2 aliphatic heterocycles. The molecule has 1 unspecified atom stereocenters. The summed E-state index contributed by atoms with van der Waals surface area (Å²) in [5.41, 5.74) is 5.89. The summed E-state index contributed by atoms with van der Waals surface area (Å²) in [6, 6.07) is 0. The van der Waals surface area contributed by atoms with E-state index in [9.17, 15) is 29.6 Å². The van der Waals surface area contributed by atoms with E-state index in [1.807, 2.05) is 0 Å². The van der Waals surface area contributed by atoms with E-state index < -0.39 is 69.5 Å². The van der Waals surface area contributed by atoms with Crippen molar-refractivity contribution in [2.75, 3.05) is 18.9 Å². The number of nitrogen functional groups attached to an aromatic ring is 1. The third-order valence-electron chi connectivity index (χ3n) is 6.33. The first kappa shape index (κ1) is 30.0. The van der Waals surface area contributed by atoms with E-state index in [1.54, 1.807) is 4.57 Å². The molecule has 5 rings (SSSR count). The number of hydrogen-bond acceptors (Lipinski definition) is 14. The predicted molar refractivity (Wildman–Crippen MR) is 123 cm³/mol. The number of nitrogens with two attached hydrogens (primary N) is 1. The summed E-state index contributed by atoms with van der Waals surface area (Å²) in [4.78, 5) is 38.0. The van der Waals surface area contributed by atoms with Crippen LogP contribution in [0.25, 0.3) is 11.2 Å². The van der Waals surface area contributed by atoms with Gasteiger partial charge < -0.3 is 35.4 Å². The molecule has 2 aliphatic rings. The number of phosphoric ester groups is 1. The number of aryl methyl sites for hydroxylation is 1. The minimum absolute atomic E-state index is 0. The summed E-state index contributed by atoms with van der Waals surface area (Å²) in [5.74, 6) is -0.496. The predicted octanol–water partition coefficient (Wildman–Crippen LogP) is -4.52. The molecule has 2 saturated heterocycles. The molecule has 0 saturated carbocycles. The molecule has 0 radical (unpaired) electrons. The molecule has 0 spiro atoms. The third-order valence-corrected chi connectivity index (χ3v) is 7.34. The van der Waals surface area contributed by atoms with E-state index in [4.69, 9.17) is 24.3 Å². The van der Waals surface area contributed by atoms with Crippen LogP contribution in [0.2, 0.25) is 0 Å². The molecule has 5 N–H and O–H groups in total. The SMILES string of the molecule is Cc1cn([C@H]2C[C@H](OP(=O)(O)OC[C@H]3O[C@@H](n4cnc5c(N)ncnc54)C[C@@H]3O)[C@@H](CO)O2)c(=O)nc1[O-].[Na+]. The Morgan fingerprint density at radius 2 is 1.92 bits per heavy atom. The van der Waals surface area contributed by atoms with Crippen molar-refractivity contribution in [3.63, 3.8) is 0 Å². The zero-order valence-corrected chi connectivity index (χ0v) is 23.8. The van der Waals surface area contributed by atoms with Gasteiger partial charge in [-0.2, -0.15) is 0 Å². The quantitative estimate of drug-likeness (QED) is 0.146. The Morgan fingerprint density at radius 3 is 2.67 bits per heavy atom. The molecule has 17 nitrogen and oxygen atoms in total. The average Bonchev–Trinajstić information content (AvgIpc) is 3.57. The van der Waals surface area contributed by atoms with Crippen LogP contribution in [0.5, 0.6) is 5.88 Å². The van der Waals surface area contributed by atoms with Crippen molar-refractivity contribution in [2.24, 2.45) is 0 Å². The number of hydrogen-bond donors (Lipinski definition) is 4. The normalized spacial score (nSPS) is 28.4. The fourth-order valence-electron chi connectivity index (χ4n) is 4.39. The van der Waals surface area contributed by atoms with Crippen LogP contribution >= 0.6 is 7.82 Å². The fourth-order valence-corrected chi connectivity index (χ4v) is 5.35. The summed E-state index contributed by atoms with van der Waals surface area (Å²) < 4.78 is 37.0. The maximum atomic E-state index is 12.7. The van der Waals surface area contributed by atoms with Crippen molar-refractivity contribution >= 4 is 24.8 Å². The average molecular weight is 577 g/mol. The van der Waals surface area contributed by atoms with Gasteiger partial charge in [-0.3, -0.25) is 18.2 Å². The van der Waals surface area contributed by atoms with E-state index in [2.05, 4.69) is 19.9 Å². The Morgan fingerprint density at radius 1 is 1.21 bits per heavy atom. The van der Waals surface area contributed by atoms with Gasteiger partial charge in [-0.15, -0.1) is 0 Å². The summed E-state index contributed by atoms with van der Waals surface area (Å²) in [7, 11) is -4.74. The minimum atomic E-state index is -4.74. The van der Waals surface area contributed by atoms with Crippen LogP contribution in [-0.4, -0.2) is 81.8 Å². The summed E-state index contributed by atoms with van der Waals surface area (Å²) in [6.45, 7) is 0.389. The maximum absolute atomic E-state index is 12.7. The van der Waals surface area contributed by atoms with Gasteiger partial charge in [0.25, 0.3) is 0 Å². The van der Waals surface area contributed by atoms with Crippen molar-refractivity contribution in [1.82, 2.24) is 29.1 Å². The molecular formula is C20H25N7NaO10P. The molecule has 39 heavy (non-hydrogen) atoms. The van der Waals surface area contributed by atoms with E-state index in [1.165, 1.54) is 25.8 Å². The molecule has 0 aliphatic carbocycles. The number of aromatic nitrogens is 6. The molecular weight excluding hydrogens is 552 g/mol. The fraction of sp³-hybridized carbons (Fsp3) is 0.550. The number of aliphatic hydroxyl groups is 2. The Kier molecular flexibility index (Phi) is 9.09. The van der Waals surface area contributed by atoms with Crippen molar-refractivity contribution < 1.29 is 72.9 Å². The zero-order chi connectivity index (χ0) is 27.2. The Hall–Kier alpha value is -2.02. The van der Waals surface area contributed by atoms with Gasteiger partial charge in [-0.25, -0.2) is 29.3 Å². The second kappa shape index (κ2) is 11.8. The van der Waals surface area contributed by atoms with Crippen LogP contribution in [-0.2, 0) is 23.1 Å².